The van der Waals surface area contributed by atoms with Crippen molar-refractivity contribution in [3.8, 4) is 0 Å². The molecule has 2 aliphatic rings. The van der Waals surface area contributed by atoms with Crippen LogP contribution >= 0.6 is 0 Å². The van der Waals surface area contributed by atoms with Crippen LogP contribution in [0.3, 0.4) is 0 Å². The van der Waals surface area contributed by atoms with Crippen molar-refractivity contribution in [2.45, 2.75) is 50.6 Å². The Morgan fingerprint density at radius 2 is 2.21 bits per heavy atom. The summed E-state index contributed by atoms with van der Waals surface area (Å²) in [6.45, 7) is 3.65. The zero-order valence-electron chi connectivity index (χ0n) is 12.0. The molecular formula is C15H26N4. The lowest BCUT2D eigenvalue weighted by atomic mass is 10.0. The Hall–Kier alpha value is -0.870. The van der Waals surface area contributed by atoms with E-state index in [1.165, 1.54) is 57.3 Å². The van der Waals surface area contributed by atoms with Gasteiger partial charge in [-0.1, -0.05) is 6.42 Å². The van der Waals surface area contributed by atoms with Crippen molar-refractivity contribution in [1.82, 2.24) is 20.0 Å². The number of piperidine rings is 1. The molecule has 2 heterocycles. The first-order valence-corrected chi connectivity index (χ1v) is 7.76. The van der Waals surface area contributed by atoms with Crippen molar-refractivity contribution in [2.75, 3.05) is 19.6 Å². The Labute approximate surface area is 116 Å². The second kappa shape index (κ2) is 6.06. The first kappa shape index (κ1) is 13.1. The van der Waals surface area contributed by atoms with E-state index in [9.17, 15) is 0 Å². The number of hydrogen-bond acceptors (Lipinski definition) is 3. The maximum atomic E-state index is 4.25. The van der Waals surface area contributed by atoms with Crippen LogP contribution in [-0.4, -0.2) is 46.4 Å². The lowest BCUT2D eigenvalue weighted by Gasteiger charge is -2.36. The van der Waals surface area contributed by atoms with Gasteiger partial charge in [0, 0.05) is 38.4 Å². The fourth-order valence-corrected chi connectivity index (χ4v) is 3.05. The van der Waals surface area contributed by atoms with Crippen molar-refractivity contribution < 1.29 is 0 Å². The minimum Gasteiger partial charge on any atom is -0.312 e. The molecule has 0 bridgehead atoms. The summed E-state index contributed by atoms with van der Waals surface area (Å²) in [6.07, 6.45) is 12.2. The molecule has 1 saturated heterocycles. The number of aryl methyl sites for hydroxylation is 1. The molecule has 3 rings (SSSR count). The molecule has 19 heavy (non-hydrogen) atoms. The number of hydrogen-bond donors (Lipinski definition) is 1. The zero-order chi connectivity index (χ0) is 13.1. The van der Waals surface area contributed by atoms with Crippen molar-refractivity contribution >= 4 is 0 Å². The monoisotopic (exact) mass is 262 g/mol. The number of likely N-dealkylation sites (tertiary alicyclic amines) is 1. The molecule has 106 valence electrons. The first-order valence-electron chi connectivity index (χ1n) is 7.76. The fourth-order valence-electron chi connectivity index (χ4n) is 3.05. The molecule has 1 atom stereocenters. The van der Waals surface area contributed by atoms with Gasteiger partial charge in [-0.2, -0.15) is 5.10 Å². The Bertz CT molecular complexity index is 397. The number of nitrogens with zero attached hydrogens (tertiary/aromatic N) is 3. The predicted octanol–water partition coefficient (Wildman–Crippen LogP) is 1.57. The molecule has 0 spiro atoms. The standard InChI is InChI=1S/C15H26N4/c1-18-12-13(10-17-18)7-9-19-8-3-2-4-15(19)11-16-14-5-6-14/h10,12,14-16H,2-9,11H2,1H3. The van der Waals surface area contributed by atoms with Crippen LogP contribution < -0.4 is 5.32 Å². The van der Waals surface area contributed by atoms with Crippen LogP contribution in [0.2, 0.25) is 0 Å². The molecular weight excluding hydrogens is 236 g/mol. The van der Waals surface area contributed by atoms with Gasteiger partial charge in [0.2, 0.25) is 0 Å². The van der Waals surface area contributed by atoms with E-state index in [1.807, 2.05) is 17.9 Å². The average molecular weight is 262 g/mol. The highest BCUT2D eigenvalue weighted by Crippen LogP contribution is 2.21. The molecule has 1 unspecified atom stereocenters. The molecule has 0 amide bonds. The Balaban J connectivity index is 1.48. The van der Waals surface area contributed by atoms with Crippen molar-refractivity contribution in [3.05, 3.63) is 18.0 Å². The van der Waals surface area contributed by atoms with Gasteiger partial charge >= 0.3 is 0 Å². The fraction of sp³-hybridized carbons (Fsp3) is 0.800. The average Bonchev–Trinajstić information content (AvgIpc) is 3.17. The van der Waals surface area contributed by atoms with E-state index >= 15 is 0 Å². The predicted molar refractivity (Wildman–Crippen MR) is 77.1 cm³/mol. The Kier molecular flexibility index (Phi) is 4.18. The lowest BCUT2D eigenvalue weighted by molar-refractivity contribution is 0.147. The summed E-state index contributed by atoms with van der Waals surface area (Å²) in [4.78, 5) is 2.69. The Morgan fingerprint density at radius 1 is 1.32 bits per heavy atom. The smallest absolute Gasteiger partial charge is 0.0522 e. The van der Waals surface area contributed by atoms with Gasteiger partial charge in [0.1, 0.15) is 0 Å². The molecule has 1 aromatic rings. The summed E-state index contributed by atoms with van der Waals surface area (Å²) in [7, 11) is 1.99. The summed E-state index contributed by atoms with van der Waals surface area (Å²) in [5, 5.41) is 7.95. The van der Waals surface area contributed by atoms with Gasteiger partial charge in [-0.15, -0.1) is 0 Å². The van der Waals surface area contributed by atoms with Gasteiger partial charge in [-0.05, 0) is 44.2 Å². The van der Waals surface area contributed by atoms with Gasteiger partial charge in [-0.3, -0.25) is 9.58 Å². The number of nitrogens with one attached hydrogen (secondary N) is 1. The molecule has 0 radical (unpaired) electrons. The normalized spacial score (nSPS) is 24.8. The molecule has 2 fully saturated rings. The topological polar surface area (TPSA) is 33.1 Å². The quantitative estimate of drug-likeness (QED) is 0.845. The summed E-state index contributed by atoms with van der Waals surface area (Å²) >= 11 is 0. The molecule has 4 nitrogen and oxygen atoms in total. The minimum absolute atomic E-state index is 0.756. The molecule has 1 aliphatic heterocycles. The second-order valence-electron chi connectivity index (χ2n) is 6.14. The summed E-state index contributed by atoms with van der Waals surface area (Å²) in [5.41, 5.74) is 1.36. The summed E-state index contributed by atoms with van der Waals surface area (Å²) in [6, 6.07) is 1.59. The highest BCUT2D eigenvalue weighted by atomic mass is 15.2. The van der Waals surface area contributed by atoms with Gasteiger partial charge in [0.25, 0.3) is 0 Å². The maximum Gasteiger partial charge on any atom is 0.0522 e. The number of rotatable bonds is 6. The summed E-state index contributed by atoms with van der Waals surface area (Å²) in [5.74, 6) is 0. The van der Waals surface area contributed by atoms with E-state index in [0.29, 0.717) is 0 Å². The SMILES string of the molecule is Cn1cc(CCN2CCCCC2CNC2CC2)cn1. The van der Waals surface area contributed by atoms with Crippen LogP contribution in [0.25, 0.3) is 0 Å². The lowest BCUT2D eigenvalue weighted by Crippen LogP contribution is -2.46. The molecule has 0 aromatic carbocycles. The van der Waals surface area contributed by atoms with E-state index in [2.05, 4.69) is 21.5 Å². The highest BCUT2D eigenvalue weighted by molar-refractivity contribution is 5.04. The van der Waals surface area contributed by atoms with E-state index in [1.54, 1.807) is 0 Å². The van der Waals surface area contributed by atoms with Crippen molar-refractivity contribution in [1.29, 1.82) is 0 Å². The van der Waals surface area contributed by atoms with Gasteiger partial charge < -0.3 is 5.32 Å². The second-order valence-corrected chi connectivity index (χ2v) is 6.14. The minimum atomic E-state index is 0.756. The molecule has 1 saturated carbocycles. The van der Waals surface area contributed by atoms with E-state index in [0.717, 1.165) is 18.5 Å². The van der Waals surface area contributed by atoms with E-state index < -0.39 is 0 Å². The van der Waals surface area contributed by atoms with Crippen LogP contribution in [0.4, 0.5) is 0 Å². The van der Waals surface area contributed by atoms with Crippen LogP contribution in [0.15, 0.2) is 12.4 Å². The van der Waals surface area contributed by atoms with Gasteiger partial charge in [0.15, 0.2) is 0 Å². The maximum absolute atomic E-state index is 4.25. The zero-order valence-corrected chi connectivity index (χ0v) is 12.0. The third kappa shape index (κ3) is 3.80. The van der Waals surface area contributed by atoms with Gasteiger partial charge in [-0.25, -0.2) is 0 Å². The highest BCUT2D eigenvalue weighted by Gasteiger charge is 2.26. The van der Waals surface area contributed by atoms with Crippen LogP contribution in [-0.2, 0) is 13.5 Å². The van der Waals surface area contributed by atoms with E-state index in [-0.39, 0.29) is 0 Å². The van der Waals surface area contributed by atoms with Crippen LogP contribution in [0.5, 0.6) is 0 Å². The largest absolute Gasteiger partial charge is 0.312 e. The van der Waals surface area contributed by atoms with E-state index in [4.69, 9.17) is 0 Å². The molecule has 1 aliphatic carbocycles. The van der Waals surface area contributed by atoms with Crippen LogP contribution in [0.1, 0.15) is 37.7 Å². The molecule has 4 heteroatoms. The number of aromatic nitrogens is 2. The first-order chi connectivity index (χ1) is 9.31. The molecule has 1 N–H and O–H groups in total. The summed E-state index contributed by atoms with van der Waals surface area (Å²) < 4.78 is 1.90. The van der Waals surface area contributed by atoms with Crippen LogP contribution in [0, 0.1) is 0 Å². The Morgan fingerprint density at radius 3 is 2.95 bits per heavy atom. The third-order valence-electron chi connectivity index (χ3n) is 4.41. The third-order valence-corrected chi connectivity index (χ3v) is 4.41. The molecule has 1 aromatic heterocycles. The van der Waals surface area contributed by atoms with Crippen molar-refractivity contribution in [2.24, 2.45) is 7.05 Å². The van der Waals surface area contributed by atoms with Crippen molar-refractivity contribution in [3.63, 3.8) is 0 Å². The van der Waals surface area contributed by atoms with Gasteiger partial charge in [0.05, 0.1) is 6.20 Å².